The minimum atomic E-state index is 0.213. The monoisotopic (exact) mass is 287 g/mol. The van der Waals surface area contributed by atoms with Crippen molar-refractivity contribution in [2.75, 3.05) is 13.7 Å². The first-order valence-corrected chi connectivity index (χ1v) is 7.67. The molecule has 1 N–H and O–H groups in total. The van der Waals surface area contributed by atoms with Gasteiger partial charge >= 0.3 is 0 Å². The molecule has 1 aromatic carbocycles. The van der Waals surface area contributed by atoms with Crippen molar-refractivity contribution in [1.82, 2.24) is 15.1 Å². The third-order valence-corrected chi connectivity index (χ3v) is 3.62. The zero-order chi connectivity index (χ0) is 15.1. The molecule has 0 aliphatic heterocycles. The van der Waals surface area contributed by atoms with Gasteiger partial charge in [-0.05, 0) is 31.9 Å². The summed E-state index contributed by atoms with van der Waals surface area (Å²) in [5.41, 5.74) is 2.45. The van der Waals surface area contributed by atoms with Gasteiger partial charge in [0.05, 0.1) is 25.0 Å². The van der Waals surface area contributed by atoms with Gasteiger partial charge in [-0.15, -0.1) is 0 Å². The van der Waals surface area contributed by atoms with E-state index >= 15 is 0 Å². The Hall–Kier alpha value is -1.81. The summed E-state index contributed by atoms with van der Waals surface area (Å²) in [6.45, 7) is 6.11. The minimum Gasteiger partial charge on any atom is -0.493 e. The van der Waals surface area contributed by atoms with Crippen LogP contribution in [0.2, 0.25) is 0 Å². The molecule has 1 atom stereocenters. The van der Waals surface area contributed by atoms with E-state index in [-0.39, 0.29) is 6.04 Å². The predicted molar refractivity (Wildman–Crippen MR) is 85.6 cm³/mol. The smallest absolute Gasteiger partial charge is 0.161 e. The number of hydrogen-bond acceptors (Lipinski definition) is 3. The largest absolute Gasteiger partial charge is 0.493 e. The topological polar surface area (TPSA) is 39.1 Å². The van der Waals surface area contributed by atoms with Gasteiger partial charge in [0.25, 0.3) is 0 Å². The Labute approximate surface area is 127 Å². The molecule has 4 nitrogen and oxygen atoms in total. The number of hydrogen-bond donors (Lipinski definition) is 1. The van der Waals surface area contributed by atoms with Crippen LogP contribution in [0.3, 0.4) is 0 Å². The second-order valence-electron chi connectivity index (χ2n) is 5.11. The molecule has 0 aliphatic rings. The number of nitrogens with zero attached hydrogens (tertiary/aromatic N) is 2. The molecule has 1 unspecified atom stereocenters. The third-order valence-electron chi connectivity index (χ3n) is 3.62. The van der Waals surface area contributed by atoms with Crippen LogP contribution in [-0.4, -0.2) is 23.4 Å². The van der Waals surface area contributed by atoms with Gasteiger partial charge in [0.2, 0.25) is 0 Å². The van der Waals surface area contributed by atoms with Crippen LogP contribution in [0.1, 0.15) is 37.6 Å². The highest BCUT2D eigenvalue weighted by Crippen LogP contribution is 2.27. The first kappa shape index (κ1) is 15.6. The van der Waals surface area contributed by atoms with E-state index in [1.54, 1.807) is 7.11 Å². The molecule has 1 aromatic heterocycles. The highest BCUT2D eigenvalue weighted by atomic mass is 16.5. The van der Waals surface area contributed by atoms with Gasteiger partial charge in [0.15, 0.2) is 5.75 Å². The van der Waals surface area contributed by atoms with Crippen molar-refractivity contribution in [2.45, 2.75) is 39.3 Å². The van der Waals surface area contributed by atoms with Gasteiger partial charge < -0.3 is 10.1 Å². The van der Waals surface area contributed by atoms with Crippen LogP contribution < -0.4 is 10.1 Å². The summed E-state index contributed by atoms with van der Waals surface area (Å²) >= 11 is 0. The molecular formula is C17H25N3O. The highest BCUT2D eigenvalue weighted by Gasteiger charge is 2.21. The van der Waals surface area contributed by atoms with Crippen molar-refractivity contribution < 1.29 is 4.74 Å². The molecule has 0 fully saturated rings. The fourth-order valence-corrected chi connectivity index (χ4v) is 2.57. The Bertz CT molecular complexity index is 515. The number of aromatic nitrogens is 2. The molecule has 4 heteroatoms. The molecule has 1 heterocycles. The summed E-state index contributed by atoms with van der Waals surface area (Å²) in [5, 5.41) is 8.06. The molecule has 114 valence electrons. The lowest BCUT2D eigenvalue weighted by atomic mass is 10.0. The van der Waals surface area contributed by atoms with E-state index < -0.39 is 0 Å². The zero-order valence-corrected chi connectivity index (χ0v) is 13.2. The number of rotatable bonds is 8. The van der Waals surface area contributed by atoms with Crippen LogP contribution >= 0.6 is 0 Å². The zero-order valence-electron chi connectivity index (χ0n) is 13.2. The number of nitrogens with one attached hydrogen (secondary N) is 1. The van der Waals surface area contributed by atoms with E-state index in [2.05, 4.69) is 54.6 Å². The van der Waals surface area contributed by atoms with Crippen LogP contribution in [-0.2, 0) is 13.0 Å². The Balaban J connectivity index is 2.28. The Morgan fingerprint density at radius 1 is 1.24 bits per heavy atom. The van der Waals surface area contributed by atoms with E-state index in [9.17, 15) is 0 Å². The molecule has 2 rings (SSSR count). The van der Waals surface area contributed by atoms with Crippen molar-refractivity contribution in [2.24, 2.45) is 0 Å². The maximum Gasteiger partial charge on any atom is 0.161 e. The van der Waals surface area contributed by atoms with Crippen LogP contribution in [0.15, 0.2) is 36.5 Å². The predicted octanol–water partition coefficient (Wildman–Crippen LogP) is 3.20. The molecule has 21 heavy (non-hydrogen) atoms. The lowest BCUT2D eigenvalue weighted by molar-refractivity contribution is 0.390. The fraction of sp³-hybridized carbons (Fsp3) is 0.471. The van der Waals surface area contributed by atoms with E-state index in [0.29, 0.717) is 0 Å². The lowest BCUT2D eigenvalue weighted by Gasteiger charge is -2.21. The second-order valence-corrected chi connectivity index (χ2v) is 5.11. The Kier molecular flexibility index (Phi) is 5.81. The van der Waals surface area contributed by atoms with Crippen molar-refractivity contribution in [3.63, 3.8) is 0 Å². The average Bonchev–Trinajstić information content (AvgIpc) is 2.95. The molecule has 0 spiro atoms. The van der Waals surface area contributed by atoms with Crippen LogP contribution in [0.5, 0.6) is 5.75 Å². The van der Waals surface area contributed by atoms with Crippen LogP contribution in [0.25, 0.3) is 0 Å². The maximum atomic E-state index is 5.50. The molecule has 0 saturated carbocycles. The standard InChI is InChI=1S/C17H25N3O/c1-4-11-18-15(12-14-9-7-6-8-10-14)17-16(21-3)13-19-20(17)5-2/h6-10,13,15,18H,4-5,11-12H2,1-3H3. The molecule has 0 radical (unpaired) electrons. The van der Waals surface area contributed by atoms with Crippen molar-refractivity contribution >= 4 is 0 Å². The molecule has 0 amide bonds. The number of benzene rings is 1. The van der Waals surface area contributed by atoms with Gasteiger partial charge in [-0.1, -0.05) is 37.3 Å². The molecule has 0 aliphatic carbocycles. The molecule has 0 saturated heterocycles. The summed E-state index contributed by atoms with van der Waals surface area (Å²) in [6, 6.07) is 10.8. The lowest BCUT2D eigenvalue weighted by Crippen LogP contribution is -2.27. The van der Waals surface area contributed by atoms with E-state index in [1.165, 1.54) is 5.56 Å². The Morgan fingerprint density at radius 3 is 2.62 bits per heavy atom. The summed E-state index contributed by atoms with van der Waals surface area (Å²) in [7, 11) is 1.71. The van der Waals surface area contributed by atoms with Crippen LogP contribution in [0, 0.1) is 0 Å². The second kappa shape index (κ2) is 7.84. The summed E-state index contributed by atoms with van der Waals surface area (Å²) < 4.78 is 7.53. The number of aryl methyl sites for hydroxylation is 1. The van der Waals surface area contributed by atoms with E-state index in [0.717, 1.165) is 37.4 Å². The SMILES string of the molecule is CCCNC(Cc1ccccc1)c1c(OC)cnn1CC. The Morgan fingerprint density at radius 2 is 2.00 bits per heavy atom. The van der Waals surface area contributed by atoms with Gasteiger partial charge in [-0.25, -0.2) is 0 Å². The quantitative estimate of drug-likeness (QED) is 0.810. The first-order chi connectivity index (χ1) is 10.3. The average molecular weight is 287 g/mol. The highest BCUT2D eigenvalue weighted by molar-refractivity contribution is 5.30. The number of ether oxygens (including phenoxy) is 1. The molecule has 0 bridgehead atoms. The maximum absolute atomic E-state index is 5.50. The van der Waals surface area contributed by atoms with Gasteiger partial charge in [-0.2, -0.15) is 5.10 Å². The summed E-state index contributed by atoms with van der Waals surface area (Å²) in [5.74, 6) is 0.862. The van der Waals surface area contributed by atoms with Crippen molar-refractivity contribution in [3.05, 3.63) is 47.8 Å². The van der Waals surface area contributed by atoms with E-state index in [4.69, 9.17) is 4.74 Å². The van der Waals surface area contributed by atoms with Crippen molar-refractivity contribution in [1.29, 1.82) is 0 Å². The molecule has 2 aromatic rings. The minimum absolute atomic E-state index is 0.213. The van der Waals surface area contributed by atoms with Gasteiger partial charge in [-0.3, -0.25) is 4.68 Å². The number of methoxy groups -OCH3 is 1. The van der Waals surface area contributed by atoms with Crippen molar-refractivity contribution in [3.8, 4) is 5.75 Å². The van der Waals surface area contributed by atoms with Gasteiger partial charge in [0.1, 0.15) is 0 Å². The first-order valence-electron chi connectivity index (χ1n) is 7.67. The fourth-order valence-electron chi connectivity index (χ4n) is 2.57. The third kappa shape index (κ3) is 3.85. The normalized spacial score (nSPS) is 12.3. The summed E-state index contributed by atoms with van der Waals surface area (Å²) in [6.07, 6.45) is 3.85. The van der Waals surface area contributed by atoms with E-state index in [1.807, 2.05) is 10.9 Å². The van der Waals surface area contributed by atoms with Crippen LogP contribution in [0.4, 0.5) is 0 Å². The molecular weight excluding hydrogens is 262 g/mol. The summed E-state index contributed by atoms with van der Waals surface area (Å²) in [4.78, 5) is 0. The van der Waals surface area contributed by atoms with Gasteiger partial charge in [0, 0.05) is 6.54 Å².